The van der Waals surface area contributed by atoms with E-state index in [-0.39, 0.29) is 18.2 Å². The number of carbonyl (C=O) groups is 1. The van der Waals surface area contributed by atoms with E-state index in [9.17, 15) is 4.79 Å². The van der Waals surface area contributed by atoms with Gasteiger partial charge in [-0.3, -0.25) is 0 Å². The molecule has 6 heteroatoms. The smallest absolute Gasteiger partial charge is 0.358 e. The van der Waals surface area contributed by atoms with E-state index in [1.807, 2.05) is 13.8 Å². The first-order valence-electron chi connectivity index (χ1n) is 5.35. The lowest BCUT2D eigenvalue weighted by Gasteiger charge is -2.09. The molecule has 2 N–H and O–H groups in total. The summed E-state index contributed by atoms with van der Waals surface area (Å²) in [5, 5.41) is 25.1. The Hall–Kier alpha value is -1.43. The summed E-state index contributed by atoms with van der Waals surface area (Å²) in [6, 6.07) is 0. The van der Waals surface area contributed by atoms with E-state index in [2.05, 4.69) is 10.3 Å². The number of aromatic carboxylic acids is 1. The summed E-state index contributed by atoms with van der Waals surface area (Å²) in [6.07, 6.45) is 1.44. The molecule has 0 unspecified atom stereocenters. The highest BCUT2D eigenvalue weighted by atomic mass is 16.4. The number of hydrogen-bond donors (Lipinski definition) is 2. The van der Waals surface area contributed by atoms with E-state index in [0.29, 0.717) is 18.7 Å². The molecule has 0 saturated heterocycles. The lowest BCUT2D eigenvalue weighted by atomic mass is 10.1. The Kier molecular flexibility index (Phi) is 4.42. The third kappa shape index (κ3) is 2.79. The van der Waals surface area contributed by atoms with Crippen LogP contribution >= 0.6 is 0 Å². The summed E-state index contributed by atoms with van der Waals surface area (Å²) in [7, 11) is 0. The molecule has 0 aliphatic carbocycles. The quantitative estimate of drug-likeness (QED) is 0.704. The number of aromatic nitrogens is 3. The molecule has 0 amide bonds. The SMILES string of the molecule is CC(C)c1c(C(=O)O)nnn1CCCCO. The van der Waals surface area contributed by atoms with Gasteiger partial charge in [-0.2, -0.15) is 0 Å². The molecule has 1 heterocycles. The van der Waals surface area contributed by atoms with Crippen LogP contribution in [0.5, 0.6) is 0 Å². The van der Waals surface area contributed by atoms with Crippen LogP contribution in [0.25, 0.3) is 0 Å². The van der Waals surface area contributed by atoms with Crippen LogP contribution in [-0.4, -0.2) is 37.8 Å². The number of rotatable bonds is 6. The number of nitrogens with zero attached hydrogens (tertiary/aromatic N) is 3. The molecule has 0 bridgehead atoms. The Morgan fingerprint density at radius 1 is 1.44 bits per heavy atom. The molecule has 0 saturated carbocycles. The van der Waals surface area contributed by atoms with Gasteiger partial charge in [0.25, 0.3) is 0 Å². The van der Waals surface area contributed by atoms with Crippen LogP contribution in [0.4, 0.5) is 0 Å². The molecule has 1 rings (SSSR count). The van der Waals surface area contributed by atoms with E-state index in [1.165, 1.54) is 0 Å². The van der Waals surface area contributed by atoms with Crippen molar-refractivity contribution < 1.29 is 15.0 Å². The highest BCUT2D eigenvalue weighted by Gasteiger charge is 2.20. The molecular weight excluding hydrogens is 210 g/mol. The van der Waals surface area contributed by atoms with Gasteiger partial charge in [0, 0.05) is 13.2 Å². The molecule has 0 aromatic carbocycles. The maximum absolute atomic E-state index is 10.9. The van der Waals surface area contributed by atoms with Crippen molar-refractivity contribution in [3.8, 4) is 0 Å². The lowest BCUT2D eigenvalue weighted by molar-refractivity contribution is 0.0688. The van der Waals surface area contributed by atoms with Gasteiger partial charge in [0.15, 0.2) is 5.69 Å². The molecule has 6 nitrogen and oxygen atoms in total. The van der Waals surface area contributed by atoms with Crippen molar-refractivity contribution in [3.63, 3.8) is 0 Å². The maximum atomic E-state index is 10.9. The average molecular weight is 227 g/mol. The summed E-state index contributed by atoms with van der Waals surface area (Å²) in [5.74, 6) is -0.979. The third-order valence-corrected chi connectivity index (χ3v) is 2.30. The summed E-state index contributed by atoms with van der Waals surface area (Å²) >= 11 is 0. The van der Waals surface area contributed by atoms with Crippen molar-refractivity contribution in [1.29, 1.82) is 0 Å². The molecule has 0 spiro atoms. The number of aliphatic hydroxyl groups excluding tert-OH is 1. The predicted octanol–water partition coefficient (Wildman–Crippen LogP) is 0.872. The van der Waals surface area contributed by atoms with Crippen LogP contribution in [0.3, 0.4) is 0 Å². The normalized spacial score (nSPS) is 11.0. The van der Waals surface area contributed by atoms with Crippen molar-refractivity contribution >= 4 is 5.97 Å². The maximum Gasteiger partial charge on any atom is 0.358 e. The number of hydrogen-bond acceptors (Lipinski definition) is 4. The molecule has 0 fully saturated rings. The van der Waals surface area contributed by atoms with E-state index in [4.69, 9.17) is 10.2 Å². The van der Waals surface area contributed by atoms with Crippen LogP contribution in [0, 0.1) is 0 Å². The minimum atomic E-state index is -1.04. The minimum absolute atomic E-state index is 0.0269. The predicted molar refractivity (Wildman–Crippen MR) is 57.4 cm³/mol. The summed E-state index contributed by atoms with van der Waals surface area (Å²) in [6.45, 7) is 4.55. The van der Waals surface area contributed by atoms with Crippen LogP contribution < -0.4 is 0 Å². The number of unbranched alkanes of at least 4 members (excludes halogenated alkanes) is 1. The molecule has 1 aromatic rings. The molecule has 90 valence electrons. The van der Waals surface area contributed by atoms with E-state index in [1.54, 1.807) is 4.68 Å². The number of carboxylic acids is 1. The Labute approximate surface area is 93.9 Å². The van der Waals surface area contributed by atoms with Gasteiger partial charge >= 0.3 is 5.97 Å². The summed E-state index contributed by atoms with van der Waals surface area (Å²) < 4.78 is 1.61. The van der Waals surface area contributed by atoms with Gasteiger partial charge in [0.05, 0.1) is 5.69 Å². The third-order valence-electron chi connectivity index (χ3n) is 2.30. The second-order valence-corrected chi connectivity index (χ2v) is 3.94. The van der Waals surface area contributed by atoms with Crippen LogP contribution in [-0.2, 0) is 6.54 Å². The van der Waals surface area contributed by atoms with Gasteiger partial charge in [-0.15, -0.1) is 5.10 Å². The molecule has 0 atom stereocenters. The van der Waals surface area contributed by atoms with E-state index < -0.39 is 5.97 Å². The zero-order chi connectivity index (χ0) is 12.1. The average Bonchev–Trinajstić information content (AvgIpc) is 2.62. The van der Waals surface area contributed by atoms with Crippen LogP contribution in [0.15, 0.2) is 0 Å². The highest BCUT2D eigenvalue weighted by Crippen LogP contribution is 2.17. The molecular formula is C10H17N3O3. The largest absolute Gasteiger partial charge is 0.476 e. The fraction of sp³-hybridized carbons (Fsp3) is 0.700. The Balaban J connectivity index is 2.87. The van der Waals surface area contributed by atoms with Crippen molar-refractivity contribution in [2.45, 2.75) is 39.2 Å². The Bertz CT molecular complexity index is 360. The zero-order valence-corrected chi connectivity index (χ0v) is 9.55. The van der Waals surface area contributed by atoms with Gasteiger partial charge in [-0.25, -0.2) is 9.48 Å². The van der Waals surface area contributed by atoms with Gasteiger partial charge in [0.2, 0.25) is 0 Å². The van der Waals surface area contributed by atoms with E-state index in [0.717, 1.165) is 6.42 Å². The van der Waals surface area contributed by atoms with Crippen molar-refractivity contribution in [2.75, 3.05) is 6.61 Å². The van der Waals surface area contributed by atoms with E-state index >= 15 is 0 Å². The minimum Gasteiger partial charge on any atom is -0.476 e. The first-order valence-corrected chi connectivity index (χ1v) is 5.35. The number of carboxylic acid groups (broad SMARTS) is 1. The Morgan fingerprint density at radius 3 is 2.62 bits per heavy atom. The monoisotopic (exact) mass is 227 g/mol. The van der Waals surface area contributed by atoms with Crippen molar-refractivity contribution in [1.82, 2.24) is 15.0 Å². The highest BCUT2D eigenvalue weighted by molar-refractivity contribution is 5.86. The zero-order valence-electron chi connectivity index (χ0n) is 9.55. The fourth-order valence-corrected chi connectivity index (χ4v) is 1.58. The molecule has 0 aliphatic heterocycles. The molecule has 0 aliphatic rings. The van der Waals surface area contributed by atoms with Crippen LogP contribution in [0.2, 0.25) is 0 Å². The molecule has 0 radical (unpaired) electrons. The topological polar surface area (TPSA) is 88.2 Å². The number of aryl methyl sites for hydroxylation is 1. The first-order chi connectivity index (χ1) is 7.57. The fourth-order valence-electron chi connectivity index (χ4n) is 1.58. The standard InChI is InChI=1S/C10H17N3O3/c1-7(2)9-8(10(15)16)11-12-13(9)5-3-4-6-14/h7,14H,3-6H2,1-2H3,(H,15,16). The second-order valence-electron chi connectivity index (χ2n) is 3.94. The van der Waals surface area contributed by atoms with Crippen molar-refractivity contribution in [2.24, 2.45) is 0 Å². The molecule has 1 aromatic heterocycles. The second kappa shape index (κ2) is 5.60. The summed E-state index contributed by atoms with van der Waals surface area (Å²) in [5.41, 5.74) is 0.671. The van der Waals surface area contributed by atoms with Gasteiger partial charge in [0.1, 0.15) is 0 Å². The number of aliphatic hydroxyl groups is 1. The van der Waals surface area contributed by atoms with Gasteiger partial charge in [-0.05, 0) is 18.8 Å². The lowest BCUT2D eigenvalue weighted by Crippen LogP contribution is -2.10. The van der Waals surface area contributed by atoms with Gasteiger partial charge in [-0.1, -0.05) is 19.1 Å². The summed E-state index contributed by atoms with van der Waals surface area (Å²) in [4.78, 5) is 10.9. The first kappa shape index (κ1) is 12.6. The molecule has 16 heavy (non-hydrogen) atoms. The van der Waals surface area contributed by atoms with Crippen LogP contribution in [0.1, 0.15) is 48.8 Å². The Morgan fingerprint density at radius 2 is 2.12 bits per heavy atom. The van der Waals surface area contributed by atoms with Crippen molar-refractivity contribution in [3.05, 3.63) is 11.4 Å². The van der Waals surface area contributed by atoms with Gasteiger partial charge < -0.3 is 10.2 Å².